The number of thioether (sulfide) groups is 1. The molecule has 1 atom stereocenters. The Morgan fingerprint density at radius 3 is 2.76 bits per heavy atom. The van der Waals surface area contributed by atoms with Crippen molar-refractivity contribution in [1.82, 2.24) is 5.32 Å². The lowest BCUT2D eigenvalue weighted by atomic mass is 10.3. The summed E-state index contributed by atoms with van der Waals surface area (Å²) in [5.41, 5.74) is 0.724. The maximum Gasteiger partial charge on any atom is 0.328 e. The number of carbonyl (C=O) groups is 2. The fraction of sp³-hybridized carbons (Fsp3) is 0.308. The fourth-order valence-electron chi connectivity index (χ4n) is 1.67. The number of anilines is 1. The zero-order chi connectivity index (χ0) is 15.2. The molecule has 8 heteroatoms. The molecular formula is C13H13BrN2O3S2. The van der Waals surface area contributed by atoms with Gasteiger partial charge in [0.25, 0.3) is 0 Å². The van der Waals surface area contributed by atoms with Crippen LogP contribution < -0.4 is 10.6 Å². The van der Waals surface area contributed by atoms with Gasteiger partial charge in [-0.05, 0) is 24.3 Å². The first-order valence-corrected chi connectivity index (χ1v) is 8.38. The van der Waals surface area contributed by atoms with Gasteiger partial charge < -0.3 is 15.4 Å². The average Bonchev–Trinajstić information content (AvgIpc) is 2.85. The van der Waals surface area contributed by atoms with Crippen molar-refractivity contribution in [2.45, 2.75) is 12.5 Å². The van der Waals surface area contributed by atoms with Gasteiger partial charge in [-0.1, -0.05) is 39.9 Å². The highest BCUT2D eigenvalue weighted by molar-refractivity contribution is 9.10. The normalized spacial score (nSPS) is 17.2. The van der Waals surface area contributed by atoms with Gasteiger partial charge >= 0.3 is 5.97 Å². The number of benzene rings is 1. The Hall–Kier alpha value is -1.12. The van der Waals surface area contributed by atoms with Crippen LogP contribution in [-0.2, 0) is 14.3 Å². The van der Waals surface area contributed by atoms with Crippen molar-refractivity contribution in [3.8, 4) is 0 Å². The van der Waals surface area contributed by atoms with Crippen molar-refractivity contribution in [2.75, 3.05) is 17.7 Å². The van der Waals surface area contributed by atoms with Crippen LogP contribution in [0.25, 0.3) is 0 Å². The van der Waals surface area contributed by atoms with Crippen LogP contribution in [0.4, 0.5) is 5.69 Å². The lowest BCUT2D eigenvalue weighted by molar-refractivity contribution is -0.139. The van der Waals surface area contributed by atoms with Gasteiger partial charge in [-0.15, -0.1) is 0 Å². The molecule has 1 aliphatic rings. The predicted octanol–water partition coefficient (Wildman–Crippen LogP) is 2.31. The molecule has 1 amide bonds. The minimum absolute atomic E-state index is 0.152. The van der Waals surface area contributed by atoms with Crippen molar-refractivity contribution in [1.29, 1.82) is 0 Å². The standard InChI is InChI=1S/C13H13BrN2O3S2/c14-8-1-3-9(4-2-8)15-11(17)7-21-13(20)16-10-5-6-19-12(10)18/h1-4,10H,5-7H2,(H,15,17)(H,16,20)/t10-/m0/s1. The van der Waals surface area contributed by atoms with Crippen molar-refractivity contribution in [2.24, 2.45) is 0 Å². The van der Waals surface area contributed by atoms with Crippen molar-refractivity contribution < 1.29 is 14.3 Å². The molecule has 1 aliphatic heterocycles. The second-order valence-corrected chi connectivity index (χ2v) is 6.85. The number of amides is 1. The summed E-state index contributed by atoms with van der Waals surface area (Å²) >= 11 is 9.62. The van der Waals surface area contributed by atoms with E-state index in [0.29, 0.717) is 17.3 Å². The third-order valence-corrected chi connectivity index (χ3v) is 4.48. The van der Waals surface area contributed by atoms with Gasteiger partial charge in [0, 0.05) is 16.6 Å². The van der Waals surface area contributed by atoms with Crippen LogP contribution >= 0.6 is 39.9 Å². The summed E-state index contributed by atoms with van der Waals surface area (Å²) in [6, 6.07) is 6.91. The Bertz CT molecular complexity index is 551. The molecule has 0 radical (unpaired) electrons. The highest BCUT2D eigenvalue weighted by atomic mass is 79.9. The maximum absolute atomic E-state index is 11.8. The molecule has 0 saturated carbocycles. The molecular weight excluding hydrogens is 376 g/mol. The number of nitrogens with one attached hydrogen (secondary N) is 2. The molecule has 1 aromatic rings. The molecule has 2 N–H and O–H groups in total. The van der Waals surface area contributed by atoms with Crippen LogP contribution in [0.5, 0.6) is 0 Å². The lowest BCUT2D eigenvalue weighted by Crippen LogP contribution is -2.36. The first-order chi connectivity index (χ1) is 10.0. The van der Waals surface area contributed by atoms with E-state index in [1.807, 2.05) is 12.1 Å². The minimum atomic E-state index is -0.389. The van der Waals surface area contributed by atoms with E-state index >= 15 is 0 Å². The van der Waals surface area contributed by atoms with E-state index in [9.17, 15) is 9.59 Å². The molecule has 1 heterocycles. The van der Waals surface area contributed by atoms with Gasteiger partial charge in [0.1, 0.15) is 10.4 Å². The van der Waals surface area contributed by atoms with Gasteiger partial charge in [0.15, 0.2) is 0 Å². The van der Waals surface area contributed by atoms with Gasteiger partial charge in [0.2, 0.25) is 5.91 Å². The fourth-order valence-corrected chi connectivity index (χ4v) is 2.82. The molecule has 0 spiro atoms. The molecule has 5 nitrogen and oxygen atoms in total. The third kappa shape index (κ3) is 5.29. The highest BCUT2D eigenvalue weighted by Gasteiger charge is 2.26. The Balaban J connectivity index is 1.72. The Morgan fingerprint density at radius 1 is 1.43 bits per heavy atom. The van der Waals surface area contributed by atoms with Crippen LogP contribution in [0.3, 0.4) is 0 Å². The maximum atomic E-state index is 11.8. The number of thiocarbonyl (C=S) groups is 1. The second-order valence-electron chi connectivity index (χ2n) is 4.28. The first kappa shape index (κ1) is 16.3. The zero-order valence-electron chi connectivity index (χ0n) is 10.9. The number of esters is 1. The highest BCUT2D eigenvalue weighted by Crippen LogP contribution is 2.15. The van der Waals surface area contributed by atoms with E-state index in [1.54, 1.807) is 12.1 Å². The molecule has 1 aromatic carbocycles. The number of ether oxygens (including phenoxy) is 1. The molecule has 1 saturated heterocycles. The van der Waals surface area contributed by atoms with Gasteiger partial charge in [0.05, 0.1) is 12.4 Å². The van der Waals surface area contributed by atoms with Crippen LogP contribution in [0.2, 0.25) is 0 Å². The third-order valence-electron chi connectivity index (χ3n) is 2.69. The summed E-state index contributed by atoms with van der Waals surface area (Å²) < 4.78 is 6.20. The topological polar surface area (TPSA) is 67.4 Å². The van der Waals surface area contributed by atoms with Crippen LogP contribution in [0.1, 0.15) is 6.42 Å². The van der Waals surface area contributed by atoms with Crippen molar-refractivity contribution >= 4 is 61.8 Å². The quantitative estimate of drug-likeness (QED) is 0.609. The van der Waals surface area contributed by atoms with E-state index in [0.717, 1.165) is 10.2 Å². The molecule has 0 aromatic heterocycles. The largest absolute Gasteiger partial charge is 0.464 e. The monoisotopic (exact) mass is 388 g/mol. The predicted molar refractivity (Wildman–Crippen MR) is 90.3 cm³/mol. The lowest BCUT2D eigenvalue weighted by Gasteiger charge is -2.11. The van der Waals surface area contributed by atoms with Crippen LogP contribution in [0.15, 0.2) is 28.7 Å². The number of rotatable bonds is 4. The Kier molecular flexibility index (Phi) is 6.01. The van der Waals surface area contributed by atoms with E-state index < -0.39 is 0 Å². The molecule has 21 heavy (non-hydrogen) atoms. The molecule has 0 unspecified atom stereocenters. The number of cyclic esters (lactones) is 1. The molecule has 0 aliphatic carbocycles. The molecule has 2 rings (SSSR count). The molecule has 112 valence electrons. The second kappa shape index (κ2) is 7.77. The van der Waals surface area contributed by atoms with Crippen LogP contribution in [0, 0.1) is 0 Å². The summed E-state index contributed by atoms with van der Waals surface area (Å²) in [6.45, 7) is 0.411. The van der Waals surface area contributed by atoms with Crippen molar-refractivity contribution in [3.05, 3.63) is 28.7 Å². The van der Waals surface area contributed by atoms with E-state index in [-0.39, 0.29) is 23.7 Å². The zero-order valence-corrected chi connectivity index (χ0v) is 14.1. The summed E-state index contributed by atoms with van der Waals surface area (Å²) in [6.07, 6.45) is 0.602. The summed E-state index contributed by atoms with van der Waals surface area (Å²) in [5, 5.41) is 5.66. The molecule has 1 fully saturated rings. The number of carbonyl (C=O) groups excluding carboxylic acids is 2. The average molecular weight is 389 g/mol. The van der Waals surface area contributed by atoms with E-state index in [2.05, 4.69) is 26.6 Å². The SMILES string of the molecule is O=C(CSC(=S)N[C@H]1CCOC1=O)Nc1ccc(Br)cc1. The number of hydrogen-bond donors (Lipinski definition) is 2. The molecule has 0 bridgehead atoms. The van der Waals surface area contributed by atoms with Crippen molar-refractivity contribution in [3.63, 3.8) is 0 Å². The first-order valence-electron chi connectivity index (χ1n) is 6.20. The summed E-state index contributed by atoms with van der Waals surface area (Å²) in [7, 11) is 0. The van der Waals surface area contributed by atoms with Gasteiger partial charge in [-0.2, -0.15) is 0 Å². The summed E-state index contributed by atoms with van der Waals surface area (Å²) in [5.74, 6) is -0.262. The van der Waals surface area contributed by atoms with Gasteiger partial charge in [-0.3, -0.25) is 4.79 Å². The van der Waals surface area contributed by atoms with Crippen LogP contribution in [-0.4, -0.2) is 34.6 Å². The minimum Gasteiger partial charge on any atom is -0.464 e. The number of hydrogen-bond acceptors (Lipinski definition) is 5. The van der Waals surface area contributed by atoms with E-state index in [1.165, 1.54) is 11.8 Å². The number of halogens is 1. The van der Waals surface area contributed by atoms with E-state index in [4.69, 9.17) is 17.0 Å². The Morgan fingerprint density at radius 2 is 2.14 bits per heavy atom. The Labute approximate surface area is 140 Å². The smallest absolute Gasteiger partial charge is 0.328 e. The summed E-state index contributed by atoms with van der Waals surface area (Å²) in [4.78, 5) is 23.1. The van der Waals surface area contributed by atoms with Gasteiger partial charge in [-0.25, -0.2) is 4.79 Å².